The van der Waals surface area contributed by atoms with Gasteiger partial charge in [0.25, 0.3) is 0 Å². The molecule has 3 N–H and O–H groups in total. The molecule has 1 unspecified atom stereocenters. The lowest BCUT2D eigenvalue weighted by atomic mass is 10.0. The second-order valence-electron chi connectivity index (χ2n) is 3.61. The molecule has 84 valence electrons. The molecule has 1 atom stereocenters. The molecule has 2 nitrogen and oxygen atoms in total. The maximum absolute atomic E-state index is 5.59. The second-order valence-corrected chi connectivity index (χ2v) is 5.31. The zero-order valence-corrected chi connectivity index (χ0v) is 11.1. The number of hydrogen-bond acceptors (Lipinski definition) is 3. The molecule has 1 aromatic heterocycles. The Morgan fingerprint density at radius 1 is 1.38 bits per heavy atom. The predicted octanol–water partition coefficient (Wildman–Crippen LogP) is 3.26. The van der Waals surface area contributed by atoms with E-state index in [9.17, 15) is 0 Å². The summed E-state index contributed by atoms with van der Waals surface area (Å²) in [5, 5.41) is 4.20. The molecule has 0 aliphatic heterocycles. The van der Waals surface area contributed by atoms with Crippen molar-refractivity contribution in [3.63, 3.8) is 0 Å². The van der Waals surface area contributed by atoms with Crippen LogP contribution >= 0.6 is 27.3 Å². The first kappa shape index (κ1) is 11.8. The minimum Gasteiger partial charge on any atom is -0.271 e. The van der Waals surface area contributed by atoms with Gasteiger partial charge in [0.1, 0.15) is 0 Å². The number of hydrogen-bond donors (Lipinski definition) is 2. The Hall–Kier alpha value is -0.680. The van der Waals surface area contributed by atoms with Gasteiger partial charge in [-0.3, -0.25) is 11.3 Å². The summed E-state index contributed by atoms with van der Waals surface area (Å²) < 4.78 is 1.10. The van der Waals surface area contributed by atoms with Gasteiger partial charge in [0.05, 0.1) is 6.04 Å². The van der Waals surface area contributed by atoms with Crippen LogP contribution in [0.15, 0.2) is 45.6 Å². The quantitative estimate of drug-likeness (QED) is 0.671. The molecule has 0 saturated carbocycles. The van der Waals surface area contributed by atoms with E-state index in [0.29, 0.717) is 0 Å². The van der Waals surface area contributed by atoms with Crippen molar-refractivity contribution in [1.82, 2.24) is 5.43 Å². The number of benzene rings is 1. The van der Waals surface area contributed by atoms with E-state index in [-0.39, 0.29) is 6.04 Å². The van der Waals surface area contributed by atoms with Crippen molar-refractivity contribution in [2.45, 2.75) is 12.5 Å². The normalized spacial score (nSPS) is 12.6. The van der Waals surface area contributed by atoms with Crippen LogP contribution in [0.25, 0.3) is 0 Å². The van der Waals surface area contributed by atoms with E-state index < -0.39 is 0 Å². The lowest BCUT2D eigenvalue weighted by Gasteiger charge is -2.14. The van der Waals surface area contributed by atoms with Gasteiger partial charge in [0.2, 0.25) is 0 Å². The summed E-state index contributed by atoms with van der Waals surface area (Å²) in [5.74, 6) is 5.59. The number of rotatable bonds is 4. The Morgan fingerprint density at radius 3 is 2.88 bits per heavy atom. The first-order valence-electron chi connectivity index (χ1n) is 5.02. The molecule has 2 aromatic rings. The van der Waals surface area contributed by atoms with Crippen LogP contribution in [0.5, 0.6) is 0 Å². The van der Waals surface area contributed by atoms with Crippen LogP contribution in [0.2, 0.25) is 0 Å². The Morgan fingerprint density at radius 2 is 2.25 bits per heavy atom. The predicted molar refractivity (Wildman–Crippen MR) is 72.2 cm³/mol. The van der Waals surface area contributed by atoms with E-state index in [2.05, 4.69) is 50.3 Å². The monoisotopic (exact) mass is 296 g/mol. The van der Waals surface area contributed by atoms with Gasteiger partial charge in [-0.05, 0) is 46.5 Å². The van der Waals surface area contributed by atoms with Crippen molar-refractivity contribution in [3.8, 4) is 0 Å². The van der Waals surface area contributed by atoms with Crippen LogP contribution in [-0.4, -0.2) is 0 Å². The van der Waals surface area contributed by atoms with Crippen molar-refractivity contribution < 1.29 is 0 Å². The summed E-state index contributed by atoms with van der Waals surface area (Å²) >= 11 is 5.17. The summed E-state index contributed by atoms with van der Waals surface area (Å²) in [6.45, 7) is 0. The molecule has 0 aliphatic carbocycles. The molecule has 0 spiro atoms. The molecule has 4 heteroatoms. The van der Waals surface area contributed by atoms with Crippen molar-refractivity contribution >= 4 is 27.3 Å². The molecule has 1 heterocycles. The molecule has 0 amide bonds. The summed E-state index contributed by atoms with van der Waals surface area (Å²) in [5.41, 5.74) is 5.37. The third kappa shape index (κ3) is 2.92. The standard InChI is InChI=1S/C12H13BrN2S/c13-11-3-1-2-9(6-11)7-12(15-14)10-4-5-16-8-10/h1-6,8,12,15H,7,14H2. The van der Waals surface area contributed by atoms with Crippen LogP contribution in [0.4, 0.5) is 0 Å². The SMILES string of the molecule is NNC(Cc1cccc(Br)c1)c1ccsc1. The van der Waals surface area contributed by atoms with Crippen molar-refractivity contribution in [2.75, 3.05) is 0 Å². The first-order chi connectivity index (χ1) is 7.79. The summed E-state index contributed by atoms with van der Waals surface area (Å²) in [7, 11) is 0. The zero-order valence-electron chi connectivity index (χ0n) is 8.69. The van der Waals surface area contributed by atoms with Crippen LogP contribution in [0.3, 0.4) is 0 Å². The zero-order chi connectivity index (χ0) is 11.4. The molecule has 2 rings (SSSR count). The third-order valence-electron chi connectivity index (χ3n) is 2.48. The second kappa shape index (κ2) is 5.59. The Bertz CT molecular complexity index is 442. The van der Waals surface area contributed by atoms with Crippen LogP contribution in [-0.2, 0) is 6.42 Å². The highest BCUT2D eigenvalue weighted by Gasteiger charge is 2.10. The average molecular weight is 297 g/mol. The number of thiophene rings is 1. The minimum atomic E-state index is 0.181. The third-order valence-corrected chi connectivity index (χ3v) is 3.67. The minimum absolute atomic E-state index is 0.181. The molecule has 0 saturated heterocycles. The fraction of sp³-hybridized carbons (Fsp3) is 0.167. The first-order valence-corrected chi connectivity index (χ1v) is 6.76. The number of nitrogens with two attached hydrogens (primary N) is 1. The van der Waals surface area contributed by atoms with Crippen LogP contribution in [0, 0.1) is 0 Å². The molecule has 0 fully saturated rings. The van der Waals surface area contributed by atoms with Crippen molar-refractivity contribution in [1.29, 1.82) is 0 Å². The van der Waals surface area contributed by atoms with Gasteiger partial charge in [0.15, 0.2) is 0 Å². The molecule has 0 aliphatic rings. The summed E-state index contributed by atoms with van der Waals surface area (Å²) in [6.07, 6.45) is 0.896. The van der Waals surface area contributed by atoms with Crippen molar-refractivity contribution in [3.05, 3.63) is 56.7 Å². The fourth-order valence-electron chi connectivity index (χ4n) is 1.65. The number of halogens is 1. The summed E-state index contributed by atoms with van der Waals surface area (Å²) in [4.78, 5) is 0. The molecular weight excluding hydrogens is 284 g/mol. The lowest BCUT2D eigenvalue weighted by molar-refractivity contribution is 0.553. The van der Waals surface area contributed by atoms with E-state index in [0.717, 1.165) is 10.9 Å². The Balaban J connectivity index is 2.13. The van der Waals surface area contributed by atoms with Crippen LogP contribution in [0.1, 0.15) is 17.2 Å². The van der Waals surface area contributed by atoms with Gasteiger partial charge < -0.3 is 0 Å². The van der Waals surface area contributed by atoms with E-state index in [1.165, 1.54) is 11.1 Å². The molecule has 1 aromatic carbocycles. The molecular formula is C12H13BrN2S. The topological polar surface area (TPSA) is 38.0 Å². The van der Waals surface area contributed by atoms with Gasteiger partial charge in [0, 0.05) is 4.47 Å². The van der Waals surface area contributed by atoms with Gasteiger partial charge in [-0.15, -0.1) is 0 Å². The lowest BCUT2D eigenvalue weighted by Crippen LogP contribution is -2.29. The molecule has 0 radical (unpaired) electrons. The summed E-state index contributed by atoms with van der Waals surface area (Å²) in [6, 6.07) is 10.6. The average Bonchev–Trinajstić information content (AvgIpc) is 2.79. The number of hydrazine groups is 1. The largest absolute Gasteiger partial charge is 0.271 e. The van der Waals surface area contributed by atoms with Gasteiger partial charge in [-0.2, -0.15) is 11.3 Å². The van der Waals surface area contributed by atoms with Crippen molar-refractivity contribution in [2.24, 2.45) is 5.84 Å². The van der Waals surface area contributed by atoms with Gasteiger partial charge >= 0.3 is 0 Å². The highest BCUT2D eigenvalue weighted by Crippen LogP contribution is 2.21. The van der Waals surface area contributed by atoms with E-state index in [4.69, 9.17) is 5.84 Å². The Labute approximate surface area is 108 Å². The highest BCUT2D eigenvalue weighted by atomic mass is 79.9. The molecule has 16 heavy (non-hydrogen) atoms. The van der Waals surface area contributed by atoms with Gasteiger partial charge in [-0.1, -0.05) is 28.1 Å². The van der Waals surface area contributed by atoms with Gasteiger partial charge in [-0.25, -0.2) is 0 Å². The maximum atomic E-state index is 5.59. The van der Waals surface area contributed by atoms with E-state index in [1.807, 2.05) is 12.1 Å². The van der Waals surface area contributed by atoms with Crippen LogP contribution < -0.4 is 11.3 Å². The molecule has 0 bridgehead atoms. The van der Waals surface area contributed by atoms with E-state index >= 15 is 0 Å². The van der Waals surface area contributed by atoms with E-state index in [1.54, 1.807) is 11.3 Å². The fourth-order valence-corrected chi connectivity index (χ4v) is 2.81. The maximum Gasteiger partial charge on any atom is 0.0508 e. The highest BCUT2D eigenvalue weighted by molar-refractivity contribution is 9.10. The smallest absolute Gasteiger partial charge is 0.0508 e. The Kier molecular flexibility index (Phi) is 4.12. The number of nitrogens with one attached hydrogen (secondary N) is 1.